The lowest BCUT2D eigenvalue weighted by molar-refractivity contribution is 0.388. The summed E-state index contributed by atoms with van der Waals surface area (Å²) in [6.07, 6.45) is 19.3. The molecule has 0 atom stereocenters. The molecule has 0 saturated carbocycles. The van der Waals surface area contributed by atoms with E-state index >= 15 is 0 Å². The van der Waals surface area contributed by atoms with Crippen LogP contribution in [-0.4, -0.2) is 80.2 Å². The van der Waals surface area contributed by atoms with E-state index < -0.39 is 0 Å². The van der Waals surface area contributed by atoms with Gasteiger partial charge in [-0.05, 0) is 82.5 Å². The first-order valence-electron chi connectivity index (χ1n) is 19.1. The zero-order valence-corrected chi connectivity index (χ0v) is 31.2. The van der Waals surface area contributed by atoms with Gasteiger partial charge in [-0.15, -0.1) is 0 Å². The molecule has 16 heteroatoms. The Morgan fingerprint density at radius 2 is 1.00 bits per heavy atom. The zero-order valence-electron chi connectivity index (χ0n) is 31.2. The normalized spacial score (nSPS) is 15.8. The Balaban J connectivity index is 1.06. The molecular weight excluding hydrogens is 730 g/mol. The molecule has 0 N–H and O–H groups in total. The summed E-state index contributed by atoms with van der Waals surface area (Å²) in [5.74, 6) is 4.64. The molecule has 0 radical (unpaired) electrons. The molecule has 0 bridgehead atoms. The van der Waals surface area contributed by atoms with Crippen LogP contribution in [0.3, 0.4) is 0 Å². The summed E-state index contributed by atoms with van der Waals surface area (Å²) in [4.78, 5) is 18.6. The third-order valence-electron chi connectivity index (χ3n) is 11.7. The molecule has 0 saturated heterocycles. The molecule has 7 aromatic rings. The monoisotopic (exact) mass is 760 g/mol. The molecule has 6 aliphatic rings. The molecule has 6 aliphatic heterocycles. The number of rotatable bonds is 4. The standard InChI is InChI=1S/C42H30B2N10O4/c1-49-13-15-51(23-49)25-5-7-33-29(17-25)43-32-20-28(54-12-4-10-48-54)22-46-42(32)58-39-35(43)37(55-33)40-36-38(39)56-34-8-6-26(53-11-3-9-47-53)18-30(34)44(36)31-19-27(21-45-41(31)57-40)52-16-14-50(2)24-52/h3-22H,23-24H2,1-2H3. The van der Waals surface area contributed by atoms with Crippen LogP contribution in [0, 0.1) is 0 Å². The molecule has 278 valence electrons. The van der Waals surface area contributed by atoms with Gasteiger partial charge in [0.15, 0.2) is 23.0 Å². The van der Waals surface area contributed by atoms with Crippen LogP contribution in [0.5, 0.6) is 46.3 Å². The number of hydrogen-bond donors (Lipinski definition) is 0. The van der Waals surface area contributed by atoms with Crippen LogP contribution in [0.25, 0.3) is 11.4 Å². The van der Waals surface area contributed by atoms with Gasteiger partial charge in [0, 0.05) is 80.3 Å². The number of nitrogens with zero attached hydrogens (tertiary/aromatic N) is 10. The van der Waals surface area contributed by atoms with Crippen molar-refractivity contribution in [2.45, 2.75) is 0 Å². The minimum atomic E-state index is -0.351. The molecule has 0 fully saturated rings. The van der Waals surface area contributed by atoms with Gasteiger partial charge >= 0.3 is 0 Å². The quantitative estimate of drug-likeness (QED) is 0.246. The van der Waals surface area contributed by atoms with Crippen molar-refractivity contribution in [3.63, 3.8) is 0 Å². The van der Waals surface area contributed by atoms with Crippen LogP contribution < -0.4 is 61.5 Å². The fourth-order valence-corrected chi connectivity index (χ4v) is 9.04. The Morgan fingerprint density at radius 1 is 0.517 bits per heavy atom. The van der Waals surface area contributed by atoms with Crippen molar-refractivity contribution >= 4 is 57.6 Å². The highest BCUT2D eigenvalue weighted by Gasteiger charge is 2.51. The maximum atomic E-state index is 7.04. The van der Waals surface area contributed by atoms with E-state index in [1.165, 1.54) is 0 Å². The van der Waals surface area contributed by atoms with Gasteiger partial charge in [-0.2, -0.15) is 10.2 Å². The van der Waals surface area contributed by atoms with Gasteiger partial charge in [-0.3, -0.25) is 0 Å². The van der Waals surface area contributed by atoms with E-state index in [0.717, 1.165) is 67.9 Å². The second-order valence-corrected chi connectivity index (χ2v) is 15.3. The molecular formula is C42H30B2N10O4. The van der Waals surface area contributed by atoms with Gasteiger partial charge in [0.05, 0.1) is 42.8 Å². The first-order chi connectivity index (χ1) is 28.5. The van der Waals surface area contributed by atoms with Gasteiger partial charge in [-0.25, -0.2) is 19.3 Å². The van der Waals surface area contributed by atoms with Crippen molar-refractivity contribution in [1.82, 2.24) is 39.3 Å². The summed E-state index contributed by atoms with van der Waals surface area (Å²) in [5, 5.41) is 9.05. The summed E-state index contributed by atoms with van der Waals surface area (Å²) in [5.41, 5.74) is 9.03. The smallest absolute Gasteiger partial charge is 0.263 e. The van der Waals surface area contributed by atoms with E-state index in [0.29, 0.717) is 47.2 Å². The number of fused-ring (bicyclic) bond motifs is 10. The molecule has 58 heavy (non-hydrogen) atoms. The minimum Gasteiger partial charge on any atom is -0.454 e. The molecule has 0 aliphatic carbocycles. The lowest BCUT2D eigenvalue weighted by atomic mass is 9.32. The highest BCUT2D eigenvalue weighted by molar-refractivity contribution is 7.00. The van der Waals surface area contributed by atoms with Crippen LogP contribution in [-0.2, 0) is 0 Å². The maximum Gasteiger partial charge on any atom is 0.263 e. The zero-order chi connectivity index (χ0) is 38.2. The second kappa shape index (κ2) is 11.5. The molecule has 4 aromatic heterocycles. The summed E-state index contributed by atoms with van der Waals surface area (Å²) < 4.78 is 31.6. The van der Waals surface area contributed by atoms with E-state index in [1.807, 2.05) is 60.7 Å². The Bertz CT molecular complexity index is 2740. The average molecular weight is 760 g/mol. The molecule has 13 rings (SSSR count). The fourth-order valence-electron chi connectivity index (χ4n) is 9.04. The van der Waals surface area contributed by atoms with Gasteiger partial charge in [-0.1, -0.05) is 0 Å². The highest BCUT2D eigenvalue weighted by Crippen LogP contribution is 2.49. The second-order valence-electron chi connectivity index (χ2n) is 15.3. The number of benzene rings is 3. The molecule has 3 aromatic carbocycles. The largest absolute Gasteiger partial charge is 0.454 e. The summed E-state index contributed by atoms with van der Waals surface area (Å²) in [6, 6.07) is 20.6. The number of anilines is 2. The van der Waals surface area contributed by atoms with Crippen LogP contribution >= 0.6 is 0 Å². The first-order valence-corrected chi connectivity index (χ1v) is 19.1. The summed E-state index contributed by atoms with van der Waals surface area (Å²) in [7, 11) is 4.11. The van der Waals surface area contributed by atoms with Crippen LogP contribution in [0.4, 0.5) is 11.4 Å². The van der Waals surface area contributed by atoms with Gasteiger partial charge < -0.3 is 38.5 Å². The maximum absolute atomic E-state index is 7.04. The third-order valence-corrected chi connectivity index (χ3v) is 11.7. The molecule has 0 amide bonds. The van der Waals surface area contributed by atoms with Gasteiger partial charge in [0.2, 0.25) is 11.8 Å². The third kappa shape index (κ3) is 4.44. The Morgan fingerprint density at radius 3 is 1.55 bits per heavy atom. The van der Waals surface area contributed by atoms with Crippen molar-refractivity contribution < 1.29 is 18.9 Å². The number of aromatic nitrogens is 6. The van der Waals surface area contributed by atoms with E-state index in [-0.39, 0.29) is 13.4 Å². The van der Waals surface area contributed by atoms with Crippen LogP contribution in [0.2, 0.25) is 0 Å². The lowest BCUT2D eigenvalue weighted by Crippen LogP contribution is -2.62. The molecule has 0 unspecified atom stereocenters. The van der Waals surface area contributed by atoms with Gasteiger partial charge in [0.1, 0.15) is 11.5 Å². The number of pyridine rings is 2. The SMILES string of the molecule is CN1C=CN(c2ccc3c(c2)B2c4cc(-n5cccn5)cnc4Oc4c5c6c(c(c42)O3)Oc2ncc(N3C=CN(C)C3)cc2B6c2cc(-n3cccn3)ccc2O5)C1. The van der Waals surface area contributed by atoms with Gasteiger partial charge in [0.25, 0.3) is 13.4 Å². The van der Waals surface area contributed by atoms with Crippen molar-refractivity contribution in [2.75, 3.05) is 37.2 Å². The summed E-state index contributed by atoms with van der Waals surface area (Å²) in [6.45, 7) is 0.739. The predicted octanol–water partition coefficient (Wildman–Crippen LogP) is 2.66. The van der Waals surface area contributed by atoms with Crippen molar-refractivity contribution in [2.24, 2.45) is 0 Å². The van der Waals surface area contributed by atoms with Crippen LogP contribution in [0.15, 0.2) is 123 Å². The average Bonchev–Trinajstić information content (AvgIpc) is 4.11. The number of ether oxygens (including phenoxy) is 4. The fraction of sp³-hybridized carbons (Fsp3) is 0.0952. The number of hydrogen-bond acceptors (Lipinski definition) is 12. The molecule has 0 spiro atoms. The first kappa shape index (κ1) is 31.6. The van der Waals surface area contributed by atoms with Crippen molar-refractivity contribution in [3.8, 4) is 57.6 Å². The predicted molar refractivity (Wildman–Crippen MR) is 220 cm³/mol. The van der Waals surface area contributed by atoms with Crippen molar-refractivity contribution in [1.29, 1.82) is 0 Å². The van der Waals surface area contributed by atoms with E-state index in [9.17, 15) is 0 Å². The molecule has 10 heterocycles. The minimum absolute atomic E-state index is 0.351. The van der Waals surface area contributed by atoms with E-state index in [2.05, 4.69) is 92.0 Å². The Labute approximate surface area is 332 Å². The van der Waals surface area contributed by atoms with E-state index in [1.54, 1.807) is 23.3 Å². The lowest BCUT2D eigenvalue weighted by Gasteiger charge is -2.40. The molecule has 14 nitrogen and oxygen atoms in total. The van der Waals surface area contributed by atoms with E-state index in [4.69, 9.17) is 28.9 Å². The van der Waals surface area contributed by atoms with Crippen molar-refractivity contribution in [3.05, 3.63) is 123 Å². The van der Waals surface area contributed by atoms with Crippen LogP contribution in [0.1, 0.15) is 0 Å². The Hall–Kier alpha value is -7.61. The Kier molecular flexibility index (Phi) is 6.25. The topological polar surface area (TPSA) is 111 Å². The summed E-state index contributed by atoms with van der Waals surface area (Å²) >= 11 is 0. The highest BCUT2D eigenvalue weighted by atomic mass is 16.5.